The molecule has 0 aliphatic carbocycles. The van der Waals surface area contributed by atoms with Crippen molar-refractivity contribution in [3.63, 3.8) is 0 Å². The van der Waals surface area contributed by atoms with Crippen molar-refractivity contribution in [2.75, 3.05) is 27.8 Å². The molecule has 0 aromatic heterocycles. The first-order chi connectivity index (χ1) is 20.3. The maximum atomic E-state index is 13.8. The number of carbonyl (C=O) groups is 3. The van der Waals surface area contributed by atoms with Crippen LogP contribution in [0.15, 0.2) is 30.3 Å². The molecule has 3 amide bonds. The van der Waals surface area contributed by atoms with Crippen LogP contribution in [-0.2, 0) is 23.9 Å². The van der Waals surface area contributed by atoms with Gasteiger partial charge in [0.1, 0.15) is 0 Å². The Kier molecular flexibility index (Phi) is 14.6. The number of aliphatic hydroxyl groups excluding tert-OH is 1. The van der Waals surface area contributed by atoms with Crippen LogP contribution in [0.4, 0.5) is 0 Å². The molecule has 1 heterocycles. The summed E-state index contributed by atoms with van der Waals surface area (Å²) in [7, 11) is 4.88. The fourth-order valence-corrected chi connectivity index (χ4v) is 6.20. The summed E-state index contributed by atoms with van der Waals surface area (Å²) in [4.78, 5) is 43.8. The molecule has 0 radical (unpaired) electrons. The number of likely N-dealkylation sites (N-methyl/N-ethyl adjacent to an activating group) is 1. The fourth-order valence-electron chi connectivity index (χ4n) is 6.20. The molecular weight excluding hydrogens is 548 g/mol. The second-order valence-corrected chi connectivity index (χ2v) is 12.5. The van der Waals surface area contributed by atoms with E-state index in [4.69, 9.17) is 15.2 Å². The number of ether oxygens (including phenoxy) is 2. The van der Waals surface area contributed by atoms with Crippen molar-refractivity contribution in [2.45, 2.75) is 110 Å². The van der Waals surface area contributed by atoms with Crippen molar-refractivity contribution < 1.29 is 29.0 Å². The highest BCUT2D eigenvalue weighted by Crippen LogP contribution is 2.30. The first-order valence-electron chi connectivity index (χ1n) is 15.7. The van der Waals surface area contributed by atoms with Crippen molar-refractivity contribution in [3.05, 3.63) is 35.9 Å². The smallest absolute Gasteiger partial charge is 0.239 e. The summed E-state index contributed by atoms with van der Waals surface area (Å²) in [5.41, 5.74) is 6.93. The Hall–Kier alpha value is -2.53. The van der Waals surface area contributed by atoms with Crippen LogP contribution in [0.25, 0.3) is 0 Å². The number of benzene rings is 1. The van der Waals surface area contributed by atoms with Crippen LogP contribution in [0.1, 0.15) is 78.9 Å². The molecule has 9 atom stereocenters. The Bertz CT molecular complexity index is 1020. The molecule has 10 nitrogen and oxygen atoms in total. The molecule has 1 saturated heterocycles. The van der Waals surface area contributed by atoms with Gasteiger partial charge in [-0.05, 0) is 37.2 Å². The van der Waals surface area contributed by atoms with Gasteiger partial charge >= 0.3 is 0 Å². The van der Waals surface area contributed by atoms with Gasteiger partial charge in [0.2, 0.25) is 17.7 Å². The topological polar surface area (TPSA) is 134 Å². The normalized spacial score (nSPS) is 20.9. The second-order valence-electron chi connectivity index (χ2n) is 12.5. The lowest BCUT2D eigenvalue weighted by molar-refractivity contribution is -0.146. The summed E-state index contributed by atoms with van der Waals surface area (Å²) in [6.07, 6.45) is 0.474. The summed E-state index contributed by atoms with van der Waals surface area (Å²) < 4.78 is 11.7. The van der Waals surface area contributed by atoms with Crippen LogP contribution in [0.2, 0.25) is 0 Å². The van der Waals surface area contributed by atoms with Crippen molar-refractivity contribution >= 4 is 17.7 Å². The highest BCUT2D eigenvalue weighted by atomic mass is 16.5. The lowest BCUT2D eigenvalue weighted by atomic mass is 9.89. The van der Waals surface area contributed by atoms with Gasteiger partial charge < -0.3 is 35.4 Å². The van der Waals surface area contributed by atoms with E-state index in [0.717, 1.165) is 18.4 Å². The van der Waals surface area contributed by atoms with Crippen LogP contribution < -0.4 is 11.1 Å². The molecule has 10 heteroatoms. The largest absolute Gasteiger partial charge is 0.386 e. The number of hydrogen-bond acceptors (Lipinski definition) is 7. The zero-order valence-corrected chi connectivity index (χ0v) is 27.7. The van der Waals surface area contributed by atoms with Crippen LogP contribution in [0.3, 0.4) is 0 Å². The number of nitrogens with one attached hydrogen (secondary N) is 1. The molecular formula is C33H56N4O6. The minimum atomic E-state index is -0.854. The third kappa shape index (κ3) is 9.23. The molecule has 0 bridgehead atoms. The monoisotopic (exact) mass is 604 g/mol. The molecule has 4 N–H and O–H groups in total. The molecule has 1 aromatic carbocycles. The Morgan fingerprint density at radius 3 is 2.26 bits per heavy atom. The number of nitrogens with zero attached hydrogens (tertiary/aromatic N) is 2. The van der Waals surface area contributed by atoms with E-state index in [0.29, 0.717) is 13.0 Å². The number of aliphatic hydroxyl groups is 1. The third-order valence-corrected chi connectivity index (χ3v) is 9.25. The Morgan fingerprint density at radius 1 is 1.09 bits per heavy atom. The van der Waals surface area contributed by atoms with Gasteiger partial charge in [0.15, 0.2) is 0 Å². The van der Waals surface area contributed by atoms with E-state index in [9.17, 15) is 19.5 Å². The molecule has 2 rings (SSSR count). The summed E-state index contributed by atoms with van der Waals surface area (Å²) in [5, 5.41) is 13.7. The van der Waals surface area contributed by atoms with Crippen molar-refractivity contribution in [2.24, 2.45) is 23.5 Å². The van der Waals surface area contributed by atoms with Crippen LogP contribution in [-0.4, -0.2) is 96.8 Å². The average molecular weight is 605 g/mol. The Balaban J connectivity index is 2.17. The van der Waals surface area contributed by atoms with Gasteiger partial charge in [0.05, 0.1) is 54.8 Å². The minimum absolute atomic E-state index is 0.0183. The minimum Gasteiger partial charge on any atom is -0.386 e. The van der Waals surface area contributed by atoms with E-state index in [1.165, 1.54) is 0 Å². The zero-order valence-electron chi connectivity index (χ0n) is 27.7. The molecule has 1 aliphatic rings. The summed E-state index contributed by atoms with van der Waals surface area (Å²) >= 11 is 0. The highest BCUT2D eigenvalue weighted by molar-refractivity contribution is 5.83. The van der Waals surface area contributed by atoms with Gasteiger partial charge in [0.25, 0.3) is 0 Å². The van der Waals surface area contributed by atoms with E-state index in [-0.39, 0.29) is 48.1 Å². The van der Waals surface area contributed by atoms with E-state index < -0.39 is 36.3 Å². The SMILES string of the molecule is CC[C@@H](C)[C@H]([C@H](CC(=O)N1CCC[C@@H]1[C@@H](OC)[C@H](C)C(=O)N[C@@H](C)[C@H](O)c1ccccc1)OC)N(C)C(=O)[C@H](N)C(C)C. The van der Waals surface area contributed by atoms with E-state index >= 15 is 0 Å². The van der Waals surface area contributed by atoms with Crippen LogP contribution in [0.5, 0.6) is 0 Å². The number of carbonyl (C=O) groups excluding carboxylic acids is 3. The lowest BCUT2D eigenvalue weighted by Crippen LogP contribution is -2.56. The molecule has 0 unspecified atom stereocenters. The summed E-state index contributed by atoms with van der Waals surface area (Å²) in [6, 6.07) is 7.43. The Morgan fingerprint density at radius 2 is 1.72 bits per heavy atom. The zero-order chi connectivity index (χ0) is 32.4. The average Bonchev–Trinajstić information content (AvgIpc) is 3.49. The van der Waals surface area contributed by atoms with Gasteiger partial charge in [-0.3, -0.25) is 14.4 Å². The van der Waals surface area contributed by atoms with Gasteiger partial charge in [0, 0.05) is 27.8 Å². The molecule has 1 fully saturated rings. The first-order valence-corrected chi connectivity index (χ1v) is 15.7. The third-order valence-electron chi connectivity index (χ3n) is 9.25. The van der Waals surface area contributed by atoms with Crippen LogP contribution in [0, 0.1) is 17.8 Å². The molecule has 244 valence electrons. The van der Waals surface area contributed by atoms with E-state index in [2.05, 4.69) is 19.2 Å². The van der Waals surface area contributed by atoms with Crippen molar-refractivity contribution in [3.8, 4) is 0 Å². The number of amides is 3. The van der Waals surface area contributed by atoms with E-state index in [1.54, 1.807) is 40.0 Å². The molecule has 0 spiro atoms. The van der Waals surface area contributed by atoms with E-state index in [1.807, 2.05) is 49.1 Å². The van der Waals surface area contributed by atoms with Gasteiger partial charge in [-0.1, -0.05) is 71.4 Å². The molecule has 1 aromatic rings. The number of likely N-dealkylation sites (tertiary alicyclic amines) is 1. The van der Waals surface area contributed by atoms with Crippen molar-refractivity contribution in [1.29, 1.82) is 0 Å². The standard InChI is InChI=1S/C33H56N4O6/c1-10-21(4)29(36(7)33(41)28(34)20(2)3)26(42-8)19-27(38)37-18-14-17-25(37)31(43-9)22(5)32(40)35-23(6)30(39)24-15-12-11-13-16-24/h11-13,15-16,20-23,25-26,28-31,39H,10,14,17-19,34H2,1-9H3,(H,35,40)/t21-,22+,23+,25-,26+,28-,29-,30+,31+/m1/s1. The Labute approximate surface area is 258 Å². The van der Waals surface area contributed by atoms with Crippen molar-refractivity contribution in [1.82, 2.24) is 15.1 Å². The number of nitrogens with two attached hydrogens (primary N) is 1. The number of methoxy groups -OCH3 is 2. The first kappa shape index (κ1) is 36.7. The summed E-state index contributed by atoms with van der Waals surface area (Å²) in [5.74, 6) is -1.03. The summed E-state index contributed by atoms with van der Waals surface area (Å²) in [6.45, 7) is 12.1. The molecule has 43 heavy (non-hydrogen) atoms. The van der Waals surface area contributed by atoms with Gasteiger partial charge in [-0.2, -0.15) is 0 Å². The molecule has 1 aliphatic heterocycles. The van der Waals surface area contributed by atoms with Crippen LogP contribution >= 0.6 is 0 Å². The maximum absolute atomic E-state index is 13.8. The maximum Gasteiger partial charge on any atom is 0.239 e. The molecule has 0 saturated carbocycles. The quantitative estimate of drug-likeness (QED) is 0.264. The lowest BCUT2D eigenvalue weighted by Gasteiger charge is -2.40. The van der Waals surface area contributed by atoms with Gasteiger partial charge in [-0.25, -0.2) is 0 Å². The predicted octanol–water partition coefficient (Wildman–Crippen LogP) is 3.13. The number of hydrogen-bond donors (Lipinski definition) is 3. The fraction of sp³-hybridized carbons (Fsp3) is 0.727. The number of rotatable bonds is 16. The predicted molar refractivity (Wildman–Crippen MR) is 168 cm³/mol. The second kappa shape index (κ2) is 17.1. The highest BCUT2D eigenvalue weighted by Gasteiger charge is 2.42. The van der Waals surface area contributed by atoms with Gasteiger partial charge in [-0.15, -0.1) is 0 Å².